The minimum absolute atomic E-state index is 0.283. The van der Waals surface area contributed by atoms with Crippen molar-refractivity contribution in [3.8, 4) is 0 Å². The van der Waals surface area contributed by atoms with Crippen LogP contribution >= 0.6 is 23.2 Å². The molecule has 1 aromatic carbocycles. The summed E-state index contributed by atoms with van der Waals surface area (Å²) in [6.45, 7) is 1.92. The van der Waals surface area contributed by atoms with Gasteiger partial charge in [0, 0.05) is 5.02 Å². The highest BCUT2D eigenvalue weighted by atomic mass is 35.5. The Morgan fingerprint density at radius 1 is 1.46 bits per heavy atom. The van der Waals surface area contributed by atoms with Crippen LogP contribution in [0.5, 0.6) is 0 Å². The summed E-state index contributed by atoms with van der Waals surface area (Å²) in [5, 5.41) is 0.696. The number of oxazole rings is 1. The third-order valence-corrected chi connectivity index (χ3v) is 2.46. The van der Waals surface area contributed by atoms with E-state index in [-0.39, 0.29) is 5.88 Å². The topological polar surface area (TPSA) is 26.0 Å². The van der Waals surface area contributed by atoms with E-state index < -0.39 is 0 Å². The molecule has 0 unspecified atom stereocenters. The van der Waals surface area contributed by atoms with Crippen LogP contribution < -0.4 is 0 Å². The SMILES string of the molecule is Cc1cc2oc(CCl)nc2cc1Cl. The van der Waals surface area contributed by atoms with E-state index in [2.05, 4.69) is 4.98 Å². The minimum atomic E-state index is 0.283. The number of aryl methyl sites for hydroxylation is 1. The van der Waals surface area contributed by atoms with Crippen LogP contribution in [0, 0.1) is 6.92 Å². The van der Waals surface area contributed by atoms with Crippen LogP contribution in [0.25, 0.3) is 11.1 Å². The van der Waals surface area contributed by atoms with E-state index in [1.54, 1.807) is 6.07 Å². The van der Waals surface area contributed by atoms with Crippen molar-refractivity contribution >= 4 is 34.3 Å². The predicted molar refractivity (Wildman–Crippen MR) is 53.3 cm³/mol. The Labute approximate surface area is 85.5 Å². The summed E-state index contributed by atoms with van der Waals surface area (Å²) >= 11 is 11.5. The lowest BCUT2D eigenvalue weighted by Gasteiger charge is -1.93. The molecule has 0 aliphatic rings. The quantitative estimate of drug-likeness (QED) is 0.681. The summed E-state index contributed by atoms with van der Waals surface area (Å²) in [5.74, 6) is 0.809. The smallest absolute Gasteiger partial charge is 0.210 e. The second-order valence-electron chi connectivity index (χ2n) is 2.81. The molecule has 0 bridgehead atoms. The molecule has 2 rings (SSSR count). The summed E-state index contributed by atoms with van der Waals surface area (Å²) in [5.41, 5.74) is 2.47. The fraction of sp³-hybridized carbons (Fsp3) is 0.222. The van der Waals surface area contributed by atoms with Crippen LogP contribution in [0.3, 0.4) is 0 Å². The Morgan fingerprint density at radius 3 is 2.92 bits per heavy atom. The molecule has 0 radical (unpaired) electrons. The average Bonchev–Trinajstić information content (AvgIpc) is 2.48. The van der Waals surface area contributed by atoms with E-state index in [9.17, 15) is 0 Å². The van der Waals surface area contributed by atoms with Crippen molar-refractivity contribution in [1.29, 1.82) is 0 Å². The Hall–Kier alpha value is -0.730. The maximum absolute atomic E-state index is 5.93. The molecule has 4 heteroatoms. The van der Waals surface area contributed by atoms with Crippen molar-refractivity contribution in [1.82, 2.24) is 4.98 Å². The summed E-state index contributed by atoms with van der Waals surface area (Å²) in [7, 11) is 0. The van der Waals surface area contributed by atoms with E-state index in [4.69, 9.17) is 27.6 Å². The van der Waals surface area contributed by atoms with E-state index in [0.717, 1.165) is 16.7 Å². The van der Waals surface area contributed by atoms with Gasteiger partial charge in [-0.15, -0.1) is 11.6 Å². The number of benzene rings is 1. The van der Waals surface area contributed by atoms with Gasteiger partial charge in [-0.3, -0.25) is 0 Å². The lowest BCUT2D eigenvalue weighted by molar-refractivity contribution is 0.554. The van der Waals surface area contributed by atoms with Gasteiger partial charge < -0.3 is 4.42 Å². The van der Waals surface area contributed by atoms with E-state index in [0.29, 0.717) is 10.9 Å². The third-order valence-electron chi connectivity index (χ3n) is 1.83. The van der Waals surface area contributed by atoms with Gasteiger partial charge in [-0.1, -0.05) is 11.6 Å². The van der Waals surface area contributed by atoms with Crippen LogP contribution in [0.1, 0.15) is 11.5 Å². The molecule has 68 valence electrons. The van der Waals surface area contributed by atoms with Crippen LogP contribution in [0.4, 0.5) is 0 Å². The molecule has 1 heterocycles. The van der Waals surface area contributed by atoms with Crippen LogP contribution in [-0.2, 0) is 5.88 Å². The highest BCUT2D eigenvalue weighted by Gasteiger charge is 2.06. The number of hydrogen-bond donors (Lipinski definition) is 0. The molecule has 0 spiro atoms. The van der Waals surface area contributed by atoms with Gasteiger partial charge >= 0.3 is 0 Å². The zero-order valence-corrected chi connectivity index (χ0v) is 8.49. The highest BCUT2D eigenvalue weighted by molar-refractivity contribution is 6.32. The molecule has 13 heavy (non-hydrogen) atoms. The third kappa shape index (κ3) is 1.52. The number of nitrogens with zero attached hydrogens (tertiary/aromatic N) is 1. The molecule has 0 aliphatic heterocycles. The van der Waals surface area contributed by atoms with Gasteiger partial charge in [-0.05, 0) is 24.6 Å². The molecule has 0 aliphatic carbocycles. The predicted octanol–water partition coefficient (Wildman–Crippen LogP) is 3.53. The van der Waals surface area contributed by atoms with Crippen molar-refractivity contribution in [3.05, 3.63) is 28.6 Å². The zero-order chi connectivity index (χ0) is 9.42. The molecule has 1 aromatic heterocycles. The molecule has 0 amide bonds. The van der Waals surface area contributed by atoms with Crippen molar-refractivity contribution in [2.75, 3.05) is 0 Å². The van der Waals surface area contributed by atoms with E-state index >= 15 is 0 Å². The standard InChI is InChI=1S/C9H7Cl2NO/c1-5-2-8-7(3-6(5)11)12-9(4-10)13-8/h2-3H,4H2,1H3. The molecule has 2 nitrogen and oxygen atoms in total. The van der Waals surface area contributed by atoms with Crippen LogP contribution in [0.15, 0.2) is 16.5 Å². The van der Waals surface area contributed by atoms with Gasteiger partial charge in [0.05, 0.1) is 5.88 Å². The normalized spacial score (nSPS) is 11.0. The van der Waals surface area contributed by atoms with Crippen LogP contribution in [0.2, 0.25) is 5.02 Å². The second-order valence-corrected chi connectivity index (χ2v) is 3.48. The van der Waals surface area contributed by atoms with Gasteiger partial charge in [0.2, 0.25) is 5.89 Å². The van der Waals surface area contributed by atoms with Gasteiger partial charge in [0.1, 0.15) is 5.52 Å². The first-order valence-electron chi connectivity index (χ1n) is 3.82. The first kappa shape index (κ1) is 8.85. The Bertz CT molecular complexity index is 411. The fourth-order valence-electron chi connectivity index (χ4n) is 1.15. The molecule has 2 aromatic rings. The van der Waals surface area contributed by atoms with Crippen molar-refractivity contribution < 1.29 is 4.42 Å². The first-order chi connectivity index (χ1) is 6.20. The first-order valence-corrected chi connectivity index (χ1v) is 4.73. The zero-order valence-electron chi connectivity index (χ0n) is 6.97. The Kier molecular flexibility index (Phi) is 2.18. The molecule has 0 atom stereocenters. The summed E-state index contributed by atoms with van der Waals surface area (Å²) < 4.78 is 5.35. The molecule has 0 saturated heterocycles. The summed E-state index contributed by atoms with van der Waals surface area (Å²) in [6, 6.07) is 3.65. The van der Waals surface area contributed by atoms with Gasteiger partial charge in [-0.2, -0.15) is 0 Å². The number of fused-ring (bicyclic) bond motifs is 1. The largest absolute Gasteiger partial charge is 0.439 e. The number of hydrogen-bond acceptors (Lipinski definition) is 2. The molecule has 0 saturated carbocycles. The lowest BCUT2D eigenvalue weighted by Crippen LogP contribution is -1.75. The van der Waals surface area contributed by atoms with Crippen molar-refractivity contribution in [3.63, 3.8) is 0 Å². The lowest BCUT2D eigenvalue weighted by atomic mass is 10.2. The number of halogens is 2. The van der Waals surface area contributed by atoms with Crippen molar-refractivity contribution in [2.24, 2.45) is 0 Å². The maximum Gasteiger partial charge on any atom is 0.210 e. The molecule has 0 N–H and O–H groups in total. The second kappa shape index (κ2) is 3.20. The molecule has 0 fully saturated rings. The molecular formula is C9H7Cl2NO. The van der Waals surface area contributed by atoms with Gasteiger partial charge in [-0.25, -0.2) is 4.98 Å². The van der Waals surface area contributed by atoms with E-state index in [1.807, 2.05) is 13.0 Å². The number of rotatable bonds is 1. The van der Waals surface area contributed by atoms with Gasteiger partial charge in [0.25, 0.3) is 0 Å². The van der Waals surface area contributed by atoms with Gasteiger partial charge in [0.15, 0.2) is 5.58 Å². The van der Waals surface area contributed by atoms with Crippen LogP contribution in [-0.4, -0.2) is 4.98 Å². The summed E-state index contributed by atoms with van der Waals surface area (Å²) in [6.07, 6.45) is 0. The highest BCUT2D eigenvalue weighted by Crippen LogP contribution is 2.24. The summed E-state index contributed by atoms with van der Waals surface area (Å²) in [4.78, 5) is 4.15. The van der Waals surface area contributed by atoms with E-state index in [1.165, 1.54) is 0 Å². The fourth-order valence-corrected chi connectivity index (χ4v) is 1.43. The number of alkyl halides is 1. The minimum Gasteiger partial charge on any atom is -0.439 e. The molecular weight excluding hydrogens is 209 g/mol. The maximum atomic E-state index is 5.93. The average molecular weight is 216 g/mol. The Balaban J connectivity index is 2.70. The monoisotopic (exact) mass is 215 g/mol. The number of aromatic nitrogens is 1. The Morgan fingerprint density at radius 2 is 2.23 bits per heavy atom. The van der Waals surface area contributed by atoms with Crippen molar-refractivity contribution in [2.45, 2.75) is 12.8 Å².